The monoisotopic (exact) mass is 339 g/mol. The molecule has 0 saturated carbocycles. The molecule has 0 spiro atoms. The van der Waals surface area contributed by atoms with Gasteiger partial charge in [0, 0.05) is 25.0 Å². The van der Waals surface area contributed by atoms with Crippen molar-refractivity contribution in [1.29, 1.82) is 0 Å². The van der Waals surface area contributed by atoms with Gasteiger partial charge in [-0.2, -0.15) is 5.10 Å². The first-order valence-electron chi connectivity index (χ1n) is 8.12. The number of H-pyrrole nitrogens is 1. The van der Waals surface area contributed by atoms with E-state index in [9.17, 15) is 4.79 Å². The van der Waals surface area contributed by atoms with E-state index in [0.717, 1.165) is 12.8 Å². The molecule has 25 heavy (non-hydrogen) atoms. The van der Waals surface area contributed by atoms with E-state index in [-0.39, 0.29) is 12.0 Å². The molecular formula is C17H17N5O3. The average molecular weight is 339 g/mol. The summed E-state index contributed by atoms with van der Waals surface area (Å²) in [6.45, 7) is 1.16. The maximum absolute atomic E-state index is 12.7. The number of furan rings is 1. The lowest BCUT2D eigenvalue weighted by atomic mass is 10.1. The van der Waals surface area contributed by atoms with Crippen molar-refractivity contribution in [3.05, 3.63) is 48.6 Å². The zero-order valence-corrected chi connectivity index (χ0v) is 13.5. The fourth-order valence-electron chi connectivity index (χ4n) is 2.87. The summed E-state index contributed by atoms with van der Waals surface area (Å²) in [6, 6.07) is 7.37. The van der Waals surface area contributed by atoms with Crippen LogP contribution < -0.4 is 4.74 Å². The first-order chi connectivity index (χ1) is 12.3. The molecular weight excluding hydrogens is 322 g/mol. The molecule has 1 aliphatic heterocycles. The number of ether oxygens (including phenoxy) is 1. The normalized spacial score (nSPS) is 17.4. The number of carbonyl (C=O) groups is 1. The molecule has 3 aromatic heterocycles. The summed E-state index contributed by atoms with van der Waals surface area (Å²) in [4.78, 5) is 22.6. The summed E-state index contributed by atoms with van der Waals surface area (Å²) in [5, 5.41) is 6.95. The van der Waals surface area contributed by atoms with Gasteiger partial charge < -0.3 is 14.1 Å². The van der Waals surface area contributed by atoms with Crippen LogP contribution in [0, 0.1) is 0 Å². The Morgan fingerprint density at radius 2 is 2.20 bits per heavy atom. The molecule has 4 heterocycles. The number of likely N-dealkylation sites (tertiary alicyclic amines) is 1. The molecule has 1 saturated heterocycles. The van der Waals surface area contributed by atoms with Gasteiger partial charge in [-0.15, -0.1) is 0 Å². The number of amides is 1. The number of nitrogens with zero attached hydrogens (tertiary/aromatic N) is 4. The van der Waals surface area contributed by atoms with E-state index < -0.39 is 0 Å². The molecule has 1 fully saturated rings. The Morgan fingerprint density at radius 3 is 3.00 bits per heavy atom. The largest absolute Gasteiger partial charge is 0.463 e. The summed E-state index contributed by atoms with van der Waals surface area (Å²) in [6.07, 6.45) is 6.44. The Hall–Kier alpha value is -3.16. The van der Waals surface area contributed by atoms with Crippen LogP contribution in [0.3, 0.4) is 0 Å². The molecule has 4 rings (SSSR count). The minimum atomic E-state index is -0.128. The molecule has 1 atom stereocenters. The number of aromatic amines is 1. The molecule has 0 bridgehead atoms. The third-order valence-electron chi connectivity index (χ3n) is 4.06. The van der Waals surface area contributed by atoms with Crippen molar-refractivity contribution in [3.63, 3.8) is 0 Å². The highest BCUT2D eigenvalue weighted by atomic mass is 16.5. The van der Waals surface area contributed by atoms with Gasteiger partial charge in [-0.3, -0.25) is 9.89 Å². The van der Waals surface area contributed by atoms with Gasteiger partial charge in [-0.1, -0.05) is 0 Å². The molecule has 128 valence electrons. The van der Waals surface area contributed by atoms with Crippen LogP contribution in [0.2, 0.25) is 0 Å². The molecule has 0 aromatic carbocycles. The second-order valence-electron chi connectivity index (χ2n) is 5.81. The highest BCUT2D eigenvalue weighted by Crippen LogP contribution is 2.20. The van der Waals surface area contributed by atoms with E-state index in [4.69, 9.17) is 9.15 Å². The molecule has 0 radical (unpaired) electrons. The molecule has 3 aromatic rings. The van der Waals surface area contributed by atoms with E-state index in [1.807, 2.05) is 6.07 Å². The van der Waals surface area contributed by atoms with E-state index in [1.165, 1.54) is 0 Å². The van der Waals surface area contributed by atoms with Gasteiger partial charge in [0.1, 0.15) is 11.8 Å². The fraction of sp³-hybridized carbons (Fsp3) is 0.294. The van der Waals surface area contributed by atoms with Gasteiger partial charge in [0.15, 0.2) is 11.5 Å². The Balaban J connectivity index is 1.43. The maximum Gasteiger partial charge on any atom is 0.316 e. The van der Waals surface area contributed by atoms with Crippen molar-refractivity contribution >= 4 is 5.91 Å². The Labute approximate surface area is 143 Å². The quantitative estimate of drug-likeness (QED) is 0.782. The zero-order valence-electron chi connectivity index (χ0n) is 13.5. The highest BCUT2D eigenvalue weighted by molar-refractivity contribution is 5.93. The SMILES string of the molecule is O=C(c1cc(-c2ccco2)[nH]n1)N1CCCC(Oc2ncccn2)C1. The second kappa shape index (κ2) is 6.76. The summed E-state index contributed by atoms with van der Waals surface area (Å²) >= 11 is 0. The van der Waals surface area contributed by atoms with Crippen molar-refractivity contribution in [2.45, 2.75) is 18.9 Å². The topological polar surface area (TPSA) is 97.1 Å². The Kier molecular flexibility index (Phi) is 4.16. The van der Waals surface area contributed by atoms with Gasteiger partial charge in [0.05, 0.1) is 12.8 Å². The van der Waals surface area contributed by atoms with Crippen LogP contribution in [0.25, 0.3) is 11.5 Å². The predicted molar refractivity (Wildman–Crippen MR) is 87.9 cm³/mol. The number of piperidine rings is 1. The minimum absolute atomic E-state index is 0.122. The van der Waals surface area contributed by atoms with Crippen LogP contribution in [-0.4, -0.2) is 50.2 Å². The Bertz CT molecular complexity index is 831. The van der Waals surface area contributed by atoms with Crippen molar-refractivity contribution in [2.24, 2.45) is 0 Å². The lowest BCUT2D eigenvalue weighted by Crippen LogP contribution is -2.44. The van der Waals surface area contributed by atoms with Gasteiger partial charge >= 0.3 is 6.01 Å². The van der Waals surface area contributed by atoms with Crippen LogP contribution in [0.5, 0.6) is 6.01 Å². The maximum atomic E-state index is 12.7. The number of nitrogens with one attached hydrogen (secondary N) is 1. The molecule has 1 aliphatic rings. The predicted octanol–water partition coefficient (Wildman–Crippen LogP) is 2.14. The van der Waals surface area contributed by atoms with Gasteiger partial charge in [-0.25, -0.2) is 9.97 Å². The molecule has 8 heteroatoms. The van der Waals surface area contributed by atoms with E-state index in [1.54, 1.807) is 41.8 Å². The Morgan fingerprint density at radius 1 is 1.32 bits per heavy atom. The van der Waals surface area contributed by atoms with Gasteiger partial charge in [0.2, 0.25) is 0 Å². The number of hydrogen-bond donors (Lipinski definition) is 1. The summed E-state index contributed by atoms with van der Waals surface area (Å²) in [5.41, 5.74) is 1.04. The lowest BCUT2D eigenvalue weighted by Gasteiger charge is -2.31. The number of rotatable bonds is 4. The smallest absolute Gasteiger partial charge is 0.316 e. The van der Waals surface area contributed by atoms with Crippen molar-refractivity contribution in [1.82, 2.24) is 25.1 Å². The lowest BCUT2D eigenvalue weighted by molar-refractivity contribution is 0.0510. The van der Waals surface area contributed by atoms with Crippen LogP contribution in [0.4, 0.5) is 0 Å². The molecule has 1 unspecified atom stereocenters. The van der Waals surface area contributed by atoms with E-state index in [2.05, 4.69) is 20.2 Å². The van der Waals surface area contributed by atoms with Crippen LogP contribution in [0.15, 0.2) is 47.3 Å². The second-order valence-corrected chi connectivity index (χ2v) is 5.81. The molecule has 8 nitrogen and oxygen atoms in total. The van der Waals surface area contributed by atoms with Crippen molar-refractivity contribution < 1.29 is 13.9 Å². The molecule has 1 amide bonds. The highest BCUT2D eigenvalue weighted by Gasteiger charge is 2.27. The zero-order chi connectivity index (χ0) is 17.1. The van der Waals surface area contributed by atoms with E-state index in [0.29, 0.717) is 36.2 Å². The van der Waals surface area contributed by atoms with Crippen LogP contribution in [-0.2, 0) is 0 Å². The van der Waals surface area contributed by atoms with E-state index >= 15 is 0 Å². The van der Waals surface area contributed by atoms with Crippen molar-refractivity contribution in [2.75, 3.05) is 13.1 Å². The number of carbonyl (C=O) groups excluding carboxylic acids is 1. The first kappa shape index (κ1) is 15.4. The average Bonchev–Trinajstić information content (AvgIpc) is 3.34. The van der Waals surface area contributed by atoms with Gasteiger partial charge in [0.25, 0.3) is 5.91 Å². The molecule has 0 aliphatic carbocycles. The summed E-state index contributed by atoms with van der Waals surface area (Å²) in [7, 11) is 0. The van der Waals surface area contributed by atoms with Gasteiger partial charge in [-0.05, 0) is 31.0 Å². The number of hydrogen-bond acceptors (Lipinski definition) is 6. The number of aromatic nitrogens is 4. The standard InChI is InChI=1S/C17H17N5O3/c23-16(14-10-13(20-21-14)15-5-2-9-24-15)22-8-1-4-12(11-22)25-17-18-6-3-7-19-17/h2-3,5-7,9-10,12H,1,4,8,11H2,(H,20,21). The third-order valence-corrected chi connectivity index (χ3v) is 4.06. The molecule has 1 N–H and O–H groups in total. The summed E-state index contributed by atoms with van der Waals surface area (Å²) < 4.78 is 11.1. The first-order valence-corrected chi connectivity index (χ1v) is 8.12. The van der Waals surface area contributed by atoms with Crippen LogP contribution >= 0.6 is 0 Å². The third kappa shape index (κ3) is 3.37. The fourth-order valence-corrected chi connectivity index (χ4v) is 2.87. The van der Waals surface area contributed by atoms with Crippen molar-refractivity contribution in [3.8, 4) is 17.5 Å². The minimum Gasteiger partial charge on any atom is -0.463 e. The van der Waals surface area contributed by atoms with Crippen LogP contribution in [0.1, 0.15) is 23.3 Å². The summed E-state index contributed by atoms with van der Waals surface area (Å²) in [5.74, 6) is 0.518.